The molecule has 1 N–H and O–H groups in total. The number of carboxylic acid groups (broad SMARTS) is 1. The van der Waals surface area contributed by atoms with Gasteiger partial charge in [0, 0.05) is 26.3 Å². The number of methoxy groups -OCH3 is 1. The van der Waals surface area contributed by atoms with Crippen molar-refractivity contribution in [3.05, 3.63) is 41.5 Å². The van der Waals surface area contributed by atoms with Gasteiger partial charge in [-0.1, -0.05) is 24.3 Å². The van der Waals surface area contributed by atoms with Crippen molar-refractivity contribution >= 4 is 12.0 Å². The molecule has 1 aromatic carbocycles. The van der Waals surface area contributed by atoms with E-state index < -0.39 is 5.97 Å². The summed E-state index contributed by atoms with van der Waals surface area (Å²) in [5, 5.41) is 8.74. The summed E-state index contributed by atoms with van der Waals surface area (Å²) >= 11 is 0. The molecule has 1 aliphatic heterocycles. The molecule has 0 amide bonds. The Labute approximate surface area is 119 Å². The van der Waals surface area contributed by atoms with E-state index in [1.54, 1.807) is 13.2 Å². The number of rotatable bonds is 5. The smallest absolute Gasteiger partial charge is 0.328 e. The Hall–Kier alpha value is -1.65. The fourth-order valence-electron chi connectivity index (χ4n) is 2.59. The highest BCUT2D eigenvalue weighted by Crippen LogP contribution is 2.18. The standard InChI is InChI=1S/C16H21NO3/c1-20-15-7-4-10-17(12-15)11-14-6-3-2-5-13(14)8-9-16(18)19/h2-3,5-6,8-9,15H,4,7,10-12H2,1H3,(H,18,19)/b9-8+. The van der Waals surface area contributed by atoms with Gasteiger partial charge < -0.3 is 9.84 Å². The first kappa shape index (κ1) is 14.8. The number of carboxylic acids is 1. The monoisotopic (exact) mass is 275 g/mol. The second-order valence-electron chi connectivity index (χ2n) is 5.11. The van der Waals surface area contributed by atoms with Crippen LogP contribution in [0.25, 0.3) is 6.08 Å². The second kappa shape index (κ2) is 7.22. The highest BCUT2D eigenvalue weighted by molar-refractivity contribution is 5.85. The summed E-state index contributed by atoms with van der Waals surface area (Å²) in [6, 6.07) is 7.93. The van der Waals surface area contributed by atoms with Gasteiger partial charge in [-0.2, -0.15) is 0 Å². The molecule has 2 rings (SSSR count). The Kier molecular flexibility index (Phi) is 5.32. The average Bonchev–Trinajstić information content (AvgIpc) is 2.46. The Morgan fingerprint density at radius 3 is 3.05 bits per heavy atom. The lowest BCUT2D eigenvalue weighted by atomic mass is 10.0. The Balaban J connectivity index is 2.07. The fraction of sp³-hybridized carbons (Fsp3) is 0.438. The number of aliphatic carboxylic acids is 1. The van der Waals surface area contributed by atoms with Crippen LogP contribution in [0.15, 0.2) is 30.3 Å². The van der Waals surface area contributed by atoms with Gasteiger partial charge in [-0.15, -0.1) is 0 Å². The number of nitrogens with zero attached hydrogens (tertiary/aromatic N) is 1. The summed E-state index contributed by atoms with van der Waals surface area (Å²) in [6.07, 6.45) is 5.42. The van der Waals surface area contributed by atoms with Crippen molar-refractivity contribution < 1.29 is 14.6 Å². The van der Waals surface area contributed by atoms with Crippen molar-refractivity contribution in [3.63, 3.8) is 0 Å². The maximum absolute atomic E-state index is 10.6. The highest BCUT2D eigenvalue weighted by atomic mass is 16.5. The lowest BCUT2D eigenvalue weighted by Crippen LogP contribution is -2.38. The molecule has 1 aromatic rings. The molecule has 4 nitrogen and oxygen atoms in total. The van der Waals surface area contributed by atoms with Gasteiger partial charge in [-0.25, -0.2) is 4.79 Å². The van der Waals surface area contributed by atoms with Gasteiger partial charge in [0.1, 0.15) is 0 Å². The van der Waals surface area contributed by atoms with Gasteiger partial charge in [0.25, 0.3) is 0 Å². The van der Waals surface area contributed by atoms with Crippen molar-refractivity contribution in [3.8, 4) is 0 Å². The second-order valence-corrected chi connectivity index (χ2v) is 5.11. The maximum atomic E-state index is 10.6. The van der Waals surface area contributed by atoms with E-state index in [0.717, 1.165) is 43.6 Å². The predicted molar refractivity (Wildman–Crippen MR) is 78.4 cm³/mol. The summed E-state index contributed by atoms with van der Waals surface area (Å²) in [5.74, 6) is -0.919. The molecular weight excluding hydrogens is 254 g/mol. The van der Waals surface area contributed by atoms with Gasteiger partial charge in [0.05, 0.1) is 6.10 Å². The summed E-state index contributed by atoms with van der Waals surface area (Å²) in [6.45, 7) is 2.84. The van der Waals surface area contributed by atoms with Crippen LogP contribution in [0.1, 0.15) is 24.0 Å². The number of likely N-dealkylation sites (tertiary alicyclic amines) is 1. The first-order valence-corrected chi connectivity index (χ1v) is 6.93. The molecule has 1 heterocycles. The van der Waals surface area contributed by atoms with Crippen LogP contribution in [0.5, 0.6) is 0 Å². The minimum atomic E-state index is -0.919. The van der Waals surface area contributed by atoms with Gasteiger partial charge >= 0.3 is 5.97 Å². The molecule has 0 radical (unpaired) electrons. The van der Waals surface area contributed by atoms with Crippen LogP contribution < -0.4 is 0 Å². The van der Waals surface area contributed by atoms with E-state index >= 15 is 0 Å². The maximum Gasteiger partial charge on any atom is 0.328 e. The SMILES string of the molecule is COC1CCCN(Cc2ccccc2/C=C/C(=O)O)C1. The van der Waals surface area contributed by atoms with Gasteiger partial charge in [0.2, 0.25) is 0 Å². The molecule has 0 bridgehead atoms. The largest absolute Gasteiger partial charge is 0.478 e. The number of hydrogen-bond acceptors (Lipinski definition) is 3. The molecule has 1 aliphatic rings. The molecule has 0 saturated carbocycles. The topological polar surface area (TPSA) is 49.8 Å². The van der Waals surface area contributed by atoms with Gasteiger partial charge in [-0.3, -0.25) is 4.90 Å². The van der Waals surface area contributed by atoms with Crippen molar-refractivity contribution in [2.24, 2.45) is 0 Å². The van der Waals surface area contributed by atoms with E-state index in [9.17, 15) is 4.79 Å². The molecule has 1 atom stereocenters. The number of carbonyl (C=O) groups is 1. The van der Waals surface area contributed by atoms with Crippen LogP contribution in [-0.2, 0) is 16.1 Å². The molecule has 0 aromatic heterocycles. The van der Waals surface area contributed by atoms with Gasteiger partial charge in [-0.05, 0) is 36.6 Å². The van der Waals surface area contributed by atoms with Crippen molar-refractivity contribution in [2.75, 3.05) is 20.2 Å². The van der Waals surface area contributed by atoms with Crippen molar-refractivity contribution in [2.45, 2.75) is 25.5 Å². The molecule has 0 spiro atoms. The van der Waals surface area contributed by atoms with Crippen LogP contribution in [0.2, 0.25) is 0 Å². The molecular formula is C16H21NO3. The number of ether oxygens (including phenoxy) is 1. The Morgan fingerprint density at radius 1 is 1.50 bits per heavy atom. The van der Waals surface area contributed by atoms with E-state index in [0.29, 0.717) is 6.10 Å². The molecule has 1 fully saturated rings. The summed E-state index contributed by atoms with van der Waals surface area (Å²) in [5.41, 5.74) is 2.12. The normalized spacial score (nSPS) is 20.4. The highest BCUT2D eigenvalue weighted by Gasteiger charge is 2.19. The zero-order chi connectivity index (χ0) is 14.4. The molecule has 108 valence electrons. The molecule has 20 heavy (non-hydrogen) atoms. The number of piperidine rings is 1. The molecule has 0 aliphatic carbocycles. The van der Waals surface area contributed by atoms with Gasteiger partial charge in [0.15, 0.2) is 0 Å². The summed E-state index contributed by atoms with van der Waals surface area (Å²) in [4.78, 5) is 13.0. The number of hydrogen-bond donors (Lipinski definition) is 1. The molecule has 4 heteroatoms. The molecule has 1 saturated heterocycles. The average molecular weight is 275 g/mol. The lowest BCUT2D eigenvalue weighted by Gasteiger charge is -2.32. The Bertz CT molecular complexity index is 484. The zero-order valence-electron chi connectivity index (χ0n) is 11.8. The lowest BCUT2D eigenvalue weighted by molar-refractivity contribution is -0.131. The summed E-state index contributed by atoms with van der Waals surface area (Å²) in [7, 11) is 1.76. The minimum Gasteiger partial charge on any atom is -0.478 e. The van der Waals surface area contributed by atoms with Crippen molar-refractivity contribution in [1.82, 2.24) is 4.90 Å². The van der Waals surface area contributed by atoms with E-state index in [-0.39, 0.29) is 0 Å². The third kappa shape index (κ3) is 4.18. The quantitative estimate of drug-likeness (QED) is 0.838. The van der Waals surface area contributed by atoms with Crippen LogP contribution in [0.3, 0.4) is 0 Å². The van der Waals surface area contributed by atoms with Crippen LogP contribution in [-0.4, -0.2) is 42.3 Å². The first-order chi connectivity index (χ1) is 9.69. The van der Waals surface area contributed by atoms with Crippen LogP contribution in [0.4, 0.5) is 0 Å². The van der Waals surface area contributed by atoms with E-state index in [1.165, 1.54) is 6.08 Å². The number of benzene rings is 1. The Morgan fingerprint density at radius 2 is 2.30 bits per heavy atom. The third-order valence-corrected chi connectivity index (χ3v) is 3.65. The van der Waals surface area contributed by atoms with Crippen LogP contribution >= 0.6 is 0 Å². The summed E-state index contributed by atoms with van der Waals surface area (Å²) < 4.78 is 5.43. The third-order valence-electron chi connectivity index (χ3n) is 3.65. The fourth-order valence-corrected chi connectivity index (χ4v) is 2.59. The van der Waals surface area contributed by atoms with E-state index in [1.807, 2.05) is 18.2 Å². The van der Waals surface area contributed by atoms with Crippen molar-refractivity contribution in [1.29, 1.82) is 0 Å². The molecule has 1 unspecified atom stereocenters. The predicted octanol–water partition coefficient (Wildman–Crippen LogP) is 2.40. The van der Waals surface area contributed by atoms with E-state index in [4.69, 9.17) is 9.84 Å². The van der Waals surface area contributed by atoms with E-state index in [2.05, 4.69) is 11.0 Å². The first-order valence-electron chi connectivity index (χ1n) is 6.93. The van der Waals surface area contributed by atoms with Crippen LogP contribution in [0, 0.1) is 0 Å². The zero-order valence-corrected chi connectivity index (χ0v) is 11.8. The minimum absolute atomic E-state index is 0.311.